The van der Waals surface area contributed by atoms with Gasteiger partial charge in [-0.3, -0.25) is 14.4 Å². The van der Waals surface area contributed by atoms with Crippen LogP contribution in [0.15, 0.2) is 36.1 Å². The van der Waals surface area contributed by atoms with Crippen molar-refractivity contribution in [3.8, 4) is 39.9 Å². The molecule has 0 aliphatic heterocycles. The first-order valence-electron chi connectivity index (χ1n) is 13.0. The van der Waals surface area contributed by atoms with E-state index >= 15 is 0 Å². The van der Waals surface area contributed by atoms with Crippen LogP contribution in [0.3, 0.4) is 0 Å². The number of ether oxygens (including phenoxy) is 2. The van der Waals surface area contributed by atoms with Crippen LogP contribution in [0.5, 0.6) is 28.7 Å². The monoisotopic (exact) mass is 570 g/mol. The first kappa shape index (κ1) is 27.1. The molecular weight excluding hydrogens is 544 g/mol. The largest absolute Gasteiger partial charge is 0.507 e. The van der Waals surface area contributed by atoms with E-state index in [1.54, 1.807) is 19.1 Å². The maximum Gasteiger partial charge on any atom is 0.229 e. The molecule has 0 radical (unpaired) electrons. The van der Waals surface area contributed by atoms with Gasteiger partial charge in [-0.2, -0.15) is 0 Å². The number of Topliss-reactive ketones (excluding diaryl/α,β-unsaturated/α-hetero) is 2. The number of hydrogen-bond donors (Lipinski definition) is 5. The molecule has 2 aliphatic rings. The Morgan fingerprint density at radius 2 is 1.43 bits per heavy atom. The molecule has 10 nitrogen and oxygen atoms in total. The maximum absolute atomic E-state index is 13.7. The number of rotatable bonds is 3. The van der Waals surface area contributed by atoms with E-state index in [4.69, 9.17) is 9.47 Å². The quantitative estimate of drug-likeness (QED) is 0.235. The Balaban J connectivity index is 1.83. The van der Waals surface area contributed by atoms with Crippen molar-refractivity contribution in [1.82, 2.24) is 0 Å². The number of methoxy groups -OCH3 is 2. The van der Waals surface area contributed by atoms with Gasteiger partial charge in [0.1, 0.15) is 28.7 Å². The Morgan fingerprint density at radius 1 is 0.762 bits per heavy atom. The molecule has 0 saturated heterocycles. The topological polar surface area (TPSA) is 171 Å². The fraction of sp³-hybridized carbons (Fsp3) is 0.219. The van der Waals surface area contributed by atoms with Gasteiger partial charge < -0.3 is 35.0 Å². The van der Waals surface area contributed by atoms with Crippen molar-refractivity contribution in [3.63, 3.8) is 0 Å². The van der Waals surface area contributed by atoms with Crippen molar-refractivity contribution < 1.29 is 49.4 Å². The van der Waals surface area contributed by atoms with Gasteiger partial charge in [0.2, 0.25) is 5.78 Å². The highest BCUT2D eigenvalue weighted by atomic mass is 16.5. The lowest BCUT2D eigenvalue weighted by Gasteiger charge is -2.30. The summed E-state index contributed by atoms with van der Waals surface area (Å²) in [5.41, 5.74) is -1.32. The molecule has 5 N–H and O–H groups in total. The van der Waals surface area contributed by atoms with E-state index in [0.717, 1.165) is 6.08 Å². The highest BCUT2D eigenvalue weighted by Gasteiger charge is 2.39. The van der Waals surface area contributed by atoms with Gasteiger partial charge in [-0.25, -0.2) is 0 Å². The number of allylic oxidation sites excluding steroid dienone is 2. The molecule has 0 fully saturated rings. The van der Waals surface area contributed by atoms with Gasteiger partial charge in [0, 0.05) is 30.0 Å². The Morgan fingerprint density at radius 3 is 2.10 bits per heavy atom. The molecule has 42 heavy (non-hydrogen) atoms. The zero-order valence-electron chi connectivity index (χ0n) is 23.1. The summed E-state index contributed by atoms with van der Waals surface area (Å²) in [6.45, 7) is 3.19. The molecule has 10 heteroatoms. The third kappa shape index (κ3) is 3.65. The van der Waals surface area contributed by atoms with Gasteiger partial charge in [0.15, 0.2) is 17.3 Å². The molecule has 0 amide bonds. The Bertz CT molecular complexity index is 1980. The smallest absolute Gasteiger partial charge is 0.229 e. The lowest BCUT2D eigenvalue weighted by molar-refractivity contribution is 0.0409. The van der Waals surface area contributed by atoms with Gasteiger partial charge in [-0.05, 0) is 53.9 Å². The first-order valence-corrected chi connectivity index (χ1v) is 13.0. The molecule has 0 aromatic heterocycles. The molecule has 0 saturated carbocycles. The average molecular weight is 571 g/mol. The van der Waals surface area contributed by atoms with E-state index in [2.05, 4.69) is 0 Å². The number of phenols is 4. The normalized spacial score (nSPS) is 18.2. The lowest BCUT2D eigenvalue weighted by atomic mass is 9.78. The molecule has 2 aliphatic carbocycles. The third-order valence-corrected chi connectivity index (χ3v) is 7.97. The van der Waals surface area contributed by atoms with Crippen molar-refractivity contribution in [3.05, 3.63) is 63.9 Å². The van der Waals surface area contributed by atoms with Crippen LogP contribution < -0.4 is 4.74 Å². The molecule has 0 heterocycles. The van der Waals surface area contributed by atoms with Crippen LogP contribution in [0, 0.1) is 6.92 Å². The number of aryl methyl sites for hydroxylation is 1. The zero-order chi connectivity index (χ0) is 30.4. The minimum Gasteiger partial charge on any atom is -0.507 e. The second kappa shape index (κ2) is 8.95. The number of carbonyl (C=O) groups excluding carboxylic acids is 3. The molecule has 1 unspecified atom stereocenters. The van der Waals surface area contributed by atoms with Crippen LogP contribution in [-0.4, -0.2) is 62.7 Å². The van der Waals surface area contributed by atoms with Crippen LogP contribution >= 0.6 is 0 Å². The lowest BCUT2D eigenvalue weighted by Crippen LogP contribution is -2.35. The van der Waals surface area contributed by atoms with Gasteiger partial charge >= 0.3 is 0 Å². The Labute approximate surface area is 238 Å². The molecule has 214 valence electrons. The molecule has 0 spiro atoms. The molecule has 4 aromatic carbocycles. The van der Waals surface area contributed by atoms with Crippen molar-refractivity contribution in [1.29, 1.82) is 0 Å². The van der Waals surface area contributed by atoms with Gasteiger partial charge in [-0.1, -0.05) is 6.07 Å². The van der Waals surface area contributed by atoms with Crippen LogP contribution in [0.2, 0.25) is 0 Å². The molecular formula is C32H26O10. The van der Waals surface area contributed by atoms with Crippen LogP contribution in [0.25, 0.3) is 32.7 Å². The number of carbonyl (C=O) groups is 3. The first-order chi connectivity index (χ1) is 19.8. The second-order valence-electron chi connectivity index (χ2n) is 11.0. The van der Waals surface area contributed by atoms with Gasteiger partial charge in [0.05, 0.1) is 47.3 Å². The zero-order valence-corrected chi connectivity index (χ0v) is 23.1. The van der Waals surface area contributed by atoms with E-state index in [1.807, 2.05) is 0 Å². The number of fused-ring (bicyclic) bond motifs is 4. The van der Waals surface area contributed by atoms with E-state index < -0.39 is 45.8 Å². The standard InChI is InChI=1S/C32H26O10/c1-12-5-15-23(16(33)6-12)31(39)25-17(34)9-20(42-4)28(36)27(25)24(15)26-19(41-3)8-13-7-14-10-32(2,40)11-18(35)21(14)29(37)22(13)30(26)38/h5-9,33,37-40H,10-11H2,1-4H3. The van der Waals surface area contributed by atoms with E-state index in [-0.39, 0.29) is 73.9 Å². The minimum atomic E-state index is -1.32. The number of benzene rings is 4. The summed E-state index contributed by atoms with van der Waals surface area (Å²) in [5, 5.41) is 56.0. The minimum absolute atomic E-state index is 0.0252. The summed E-state index contributed by atoms with van der Waals surface area (Å²) in [5.74, 6) is -4.41. The van der Waals surface area contributed by atoms with E-state index in [9.17, 15) is 39.9 Å². The predicted molar refractivity (Wildman–Crippen MR) is 152 cm³/mol. The summed E-state index contributed by atoms with van der Waals surface area (Å²) >= 11 is 0. The molecule has 1 atom stereocenters. The second-order valence-corrected chi connectivity index (χ2v) is 11.0. The number of hydrogen-bond acceptors (Lipinski definition) is 10. The van der Waals surface area contributed by atoms with Crippen molar-refractivity contribution in [2.75, 3.05) is 14.2 Å². The Hall–Kier alpha value is -5.09. The van der Waals surface area contributed by atoms with Crippen LogP contribution in [0.4, 0.5) is 0 Å². The van der Waals surface area contributed by atoms with E-state index in [1.165, 1.54) is 33.3 Å². The molecule has 6 rings (SSSR count). The summed E-state index contributed by atoms with van der Waals surface area (Å²) in [4.78, 5) is 40.0. The fourth-order valence-electron chi connectivity index (χ4n) is 6.30. The highest BCUT2D eigenvalue weighted by molar-refractivity contribution is 6.32. The summed E-state index contributed by atoms with van der Waals surface area (Å²) in [6, 6.07) is 6.00. The highest BCUT2D eigenvalue weighted by Crippen LogP contribution is 2.54. The summed E-state index contributed by atoms with van der Waals surface area (Å²) in [7, 11) is 2.53. The van der Waals surface area contributed by atoms with Gasteiger partial charge in [-0.15, -0.1) is 0 Å². The van der Waals surface area contributed by atoms with Crippen LogP contribution in [0.1, 0.15) is 55.5 Å². The predicted octanol–water partition coefficient (Wildman–Crippen LogP) is 4.59. The Kier molecular flexibility index (Phi) is 5.78. The maximum atomic E-state index is 13.7. The van der Waals surface area contributed by atoms with Crippen molar-refractivity contribution in [2.24, 2.45) is 0 Å². The number of ketones is 3. The van der Waals surface area contributed by atoms with Gasteiger partial charge in [0.25, 0.3) is 0 Å². The fourth-order valence-corrected chi connectivity index (χ4v) is 6.30. The molecule has 4 aromatic rings. The molecule has 0 bridgehead atoms. The van der Waals surface area contributed by atoms with Crippen molar-refractivity contribution >= 4 is 38.9 Å². The summed E-state index contributed by atoms with van der Waals surface area (Å²) < 4.78 is 10.8. The third-order valence-electron chi connectivity index (χ3n) is 7.97. The SMILES string of the molecule is COC1=CC(=O)c2c(c(-c3c(OC)cc4cc5c(c(O)c4c3O)C(=O)CC(C)(O)C5)c3cc(C)cc(O)c3c2O)C1=O. The average Bonchev–Trinajstić information content (AvgIpc) is 2.89. The van der Waals surface area contributed by atoms with Crippen molar-refractivity contribution in [2.45, 2.75) is 32.3 Å². The number of phenolic OH excluding ortho intramolecular Hbond substituents is 4. The number of aromatic hydroxyl groups is 4. The summed E-state index contributed by atoms with van der Waals surface area (Å²) in [6.07, 6.45) is 0.779. The van der Waals surface area contributed by atoms with E-state index in [0.29, 0.717) is 11.1 Å². The number of aliphatic hydroxyl groups is 1. The van der Waals surface area contributed by atoms with Crippen LogP contribution in [-0.2, 0) is 11.2 Å².